The Morgan fingerprint density at radius 3 is 2.34 bits per heavy atom. The Morgan fingerprint density at radius 1 is 0.966 bits per heavy atom. The van der Waals surface area contributed by atoms with Crippen LogP contribution in [0.3, 0.4) is 0 Å². The van der Waals surface area contributed by atoms with Crippen molar-refractivity contribution in [2.24, 2.45) is 41.4 Å². The van der Waals surface area contributed by atoms with Gasteiger partial charge in [-0.1, -0.05) is 60.7 Å². The molecule has 0 N–H and O–H groups in total. The molecule has 4 nitrogen and oxygen atoms in total. The molecule has 0 saturated heterocycles. The van der Waals surface area contributed by atoms with E-state index in [0.29, 0.717) is 41.9 Å². The maximum atomic E-state index is 13.4. The van der Waals surface area contributed by atoms with Gasteiger partial charge >= 0.3 is 6.09 Å². The van der Waals surface area contributed by atoms with Crippen molar-refractivity contribution < 1.29 is 14.3 Å². The maximum absolute atomic E-state index is 13.4. The minimum Gasteiger partial charge on any atom is -0.445 e. The van der Waals surface area contributed by atoms with Crippen molar-refractivity contribution in [1.29, 1.82) is 0 Å². The lowest BCUT2D eigenvalue weighted by Crippen LogP contribution is -2.82. The zero-order chi connectivity index (χ0) is 19.3. The lowest BCUT2D eigenvalue weighted by Gasteiger charge is -2.74. The molecule has 2 aromatic carbocycles. The Hall–Kier alpha value is -2.62. The first kappa shape index (κ1) is 16.2. The van der Waals surface area contributed by atoms with Gasteiger partial charge in [0.15, 0.2) is 0 Å². The summed E-state index contributed by atoms with van der Waals surface area (Å²) in [7, 11) is 0. The zero-order valence-electron chi connectivity index (χ0n) is 16.1. The summed E-state index contributed by atoms with van der Waals surface area (Å²) >= 11 is 0. The molecule has 0 aromatic heterocycles. The monoisotopic (exact) mass is 385 g/mol. The zero-order valence-corrected chi connectivity index (χ0v) is 16.1. The molecule has 2 aromatic rings. The van der Waals surface area contributed by atoms with Crippen LogP contribution in [0.4, 0.5) is 4.79 Å². The Labute approximate surface area is 169 Å². The van der Waals surface area contributed by atoms with E-state index in [1.807, 2.05) is 53.4 Å². The molecule has 0 heterocycles. The fraction of sp³-hybridized carbons (Fsp3) is 0.440. The van der Waals surface area contributed by atoms with Gasteiger partial charge in [0, 0.05) is 18.4 Å². The van der Waals surface area contributed by atoms with E-state index in [1.165, 1.54) is 6.42 Å². The predicted octanol–water partition coefficient (Wildman–Crippen LogP) is 3.90. The van der Waals surface area contributed by atoms with Gasteiger partial charge in [-0.05, 0) is 47.1 Å². The normalized spacial score (nSPS) is 41.2. The fourth-order valence-corrected chi connectivity index (χ4v) is 8.37. The summed E-state index contributed by atoms with van der Waals surface area (Å²) in [6.07, 6.45) is 0.954. The third-order valence-electron chi connectivity index (χ3n) is 8.89. The first-order chi connectivity index (χ1) is 14.2. The molecule has 8 rings (SSSR count). The molecule has 0 spiro atoms. The van der Waals surface area contributed by atoms with Gasteiger partial charge in [0.25, 0.3) is 0 Å². The molecule has 6 aliphatic rings. The average molecular weight is 385 g/mol. The Kier molecular flexibility index (Phi) is 2.96. The largest absolute Gasteiger partial charge is 0.445 e. The van der Waals surface area contributed by atoms with Crippen LogP contribution in [0.5, 0.6) is 0 Å². The van der Waals surface area contributed by atoms with E-state index in [0.717, 1.165) is 11.1 Å². The summed E-state index contributed by atoms with van der Waals surface area (Å²) < 4.78 is 5.80. The van der Waals surface area contributed by atoms with Crippen LogP contribution in [0.1, 0.15) is 17.5 Å². The van der Waals surface area contributed by atoms with Crippen LogP contribution in [0, 0.1) is 41.4 Å². The van der Waals surface area contributed by atoms with Crippen molar-refractivity contribution in [1.82, 2.24) is 4.90 Å². The molecule has 6 saturated carbocycles. The van der Waals surface area contributed by atoms with Gasteiger partial charge in [-0.3, -0.25) is 9.69 Å². The van der Waals surface area contributed by atoms with Crippen molar-refractivity contribution in [2.45, 2.75) is 25.1 Å². The molecule has 4 heteroatoms. The molecule has 1 amide bonds. The molecule has 0 aliphatic heterocycles. The summed E-state index contributed by atoms with van der Waals surface area (Å²) in [5.74, 6) is 3.48. The molecule has 146 valence electrons. The highest BCUT2D eigenvalue weighted by Crippen LogP contribution is 2.90. The van der Waals surface area contributed by atoms with Crippen LogP contribution < -0.4 is 0 Å². The minimum absolute atomic E-state index is 0.0687. The lowest BCUT2D eigenvalue weighted by atomic mass is 9.35. The van der Waals surface area contributed by atoms with Crippen molar-refractivity contribution >= 4 is 11.9 Å². The van der Waals surface area contributed by atoms with Gasteiger partial charge < -0.3 is 4.74 Å². The highest BCUT2D eigenvalue weighted by molar-refractivity contribution is 5.97. The summed E-state index contributed by atoms with van der Waals surface area (Å²) in [5, 5.41) is 0. The highest BCUT2D eigenvalue weighted by atomic mass is 16.6. The van der Waals surface area contributed by atoms with Gasteiger partial charge in [0.2, 0.25) is 0 Å². The second kappa shape index (κ2) is 5.29. The molecule has 6 aliphatic carbocycles. The topological polar surface area (TPSA) is 46.6 Å². The summed E-state index contributed by atoms with van der Waals surface area (Å²) in [6, 6.07) is 19.9. The third-order valence-corrected chi connectivity index (χ3v) is 8.89. The lowest BCUT2D eigenvalue weighted by molar-refractivity contribution is -0.261. The van der Waals surface area contributed by atoms with Crippen molar-refractivity contribution in [3.8, 4) is 0 Å². The number of hydrogen-bond acceptors (Lipinski definition) is 3. The number of Topliss-reactive ketones (excluding diaryl/α,β-unsaturated/α-hetero) is 1. The molecule has 0 unspecified atom stereocenters. The number of amides is 1. The van der Waals surface area contributed by atoms with E-state index in [1.54, 1.807) is 0 Å². The number of carbonyl (C=O) groups is 2. The van der Waals surface area contributed by atoms with E-state index in [-0.39, 0.29) is 30.1 Å². The van der Waals surface area contributed by atoms with Crippen LogP contribution in [0.15, 0.2) is 60.7 Å². The van der Waals surface area contributed by atoms with Crippen molar-refractivity contribution in [2.75, 3.05) is 0 Å². The Morgan fingerprint density at radius 2 is 1.66 bits per heavy atom. The smallest absolute Gasteiger partial charge is 0.410 e. The number of benzene rings is 2. The summed E-state index contributed by atoms with van der Waals surface area (Å²) in [5.41, 5.74) is 1.83. The van der Waals surface area contributed by atoms with Crippen LogP contribution in [0.2, 0.25) is 0 Å². The summed E-state index contributed by atoms with van der Waals surface area (Å²) in [4.78, 5) is 28.4. The van der Waals surface area contributed by atoms with Gasteiger partial charge in [-0.15, -0.1) is 0 Å². The van der Waals surface area contributed by atoms with Crippen molar-refractivity contribution in [3.05, 3.63) is 71.8 Å². The quantitative estimate of drug-likeness (QED) is 0.784. The van der Waals surface area contributed by atoms with Gasteiger partial charge in [0.05, 0.1) is 5.54 Å². The van der Waals surface area contributed by atoms with Crippen LogP contribution >= 0.6 is 0 Å². The van der Waals surface area contributed by atoms with E-state index in [9.17, 15) is 9.59 Å². The van der Waals surface area contributed by atoms with Gasteiger partial charge in [-0.25, -0.2) is 4.79 Å². The number of hydrogen-bond donors (Lipinski definition) is 0. The van der Waals surface area contributed by atoms with Crippen molar-refractivity contribution in [3.63, 3.8) is 0 Å². The second-order valence-electron chi connectivity index (χ2n) is 9.60. The van der Waals surface area contributed by atoms with E-state index < -0.39 is 0 Å². The third kappa shape index (κ3) is 1.70. The molecule has 29 heavy (non-hydrogen) atoms. The Bertz CT molecular complexity index is 1020. The van der Waals surface area contributed by atoms with Crippen LogP contribution in [-0.2, 0) is 22.7 Å². The number of carbonyl (C=O) groups excluding carboxylic acids is 2. The molecular formula is C25H23NO3. The first-order valence-corrected chi connectivity index (χ1v) is 10.8. The summed E-state index contributed by atoms with van der Waals surface area (Å²) in [6.45, 7) is 0.802. The average Bonchev–Trinajstić information content (AvgIpc) is 3.28. The van der Waals surface area contributed by atoms with Crippen LogP contribution in [0.25, 0.3) is 0 Å². The second-order valence-corrected chi connectivity index (χ2v) is 9.60. The predicted molar refractivity (Wildman–Crippen MR) is 105 cm³/mol. The molecular weight excluding hydrogens is 362 g/mol. The molecule has 8 atom stereocenters. The maximum Gasteiger partial charge on any atom is 0.410 e. The number of ether oxygens (including phenoxy) is 1. The number of rotatable bonds is 5. The van der Waals surface area contributed by atoms with E-state index >= 15 is 0 Å². The highest BCUT2D eigenvalue weighted by Gasteiger charge is 2.95. The molecule has 0 radical (unpaired) electrons. The van der Waals surface area contributed by atoms with Gasteiger partial charge in [-0.2, -0.15) is 0 Å². The van der Waals surface area contributed by atoms with Crippen LogP contribution in [-0.4, -0.2) is 22.3 Å². The van der Waals surface area contributed by atoms with E-state index in [4.69, 9.17) is 4.74 Å². The minimum atomic E-state index is -0.261. The fourth-order valence-electron chi connectivity index (χ4n) is 8.37. The number of ketones is 1. The SMILES string of the molecule is O=C1[C@@H]2[C@H]3C[C@@H]4[C@@H]5[C@H]3[C@@H]1[C@]5(N(Cc1ccccc1)C(=O)OCc1ccccc1)[C@@H]42. The molecule has 6 fully saturated rings. The van der Waals surface area contributed by atoms with E-state index in [2.05, 4.69) is 12.1 Å². The standard InChI is InChI=1S/C25H23NO3/c27-23-19-16-11-17-20-18(16)22(23)25(20,21(17)19)26(12-14-7-3-1-4-8-14)24(28)29-13-15-9-5-2-6-10-15/h1-10,16-22H,11-13H2/t16-,17+,18-,19+,20+,21-,22-,25+/m0/s1. The van der Waals surface area contributed by atoms with Gasteiger partial charge in [0.1, 0.15) is 12.4 Å². The first-order valence-electron chi connectivity index (χ1n) is 10.8. The Balaban J connectivity index is 1.22. The molecule has 4 bridgehead atoms. The number of nitrogens with zero attached hydrogens (tertiary/aromatic N) is 1.